The third-order valence-corrected chi connectivity index (χ3v) is 5.73. The van der Waals surface area contributed by atoms with Crippen molar-refractivity contribution in [3.63, 3.8) is 0 Å². The summed E-state index contributed by atoms with van der Waals surface area (Å²) in [7, 11) is 6.73. The topological polar surface area (TPSA) is 64.6 Å². The molecule has 1 unspecified atom stereocenters. The van der Waals surface area contributed by atoms with Crippen LogP contribution in [0.15, 0.2) is 47.5 Å². The minimum atomic E-state index is 0. The molecule has 0 aromatic heterocycles. The van der Waals surface area contributed by atoms with Crippen LogP contribution in [0.25, 0.3) is 0 Å². The van der Waals surface area contributed by atoms with Crippen LogP contribution >= 0.6 is 24.0 Å². The molecule has 0 saturated carbocycles. The first-order chi connectivity index (χ1) is 15.7. The van der Waals surface area contributed by atoms with Gasteiger partial charge in [0.2, 0.25) is 5.75 Å². The smallest absolute Gasteiger partial charge is 0.203 e. The Bertz CT molecular complexity index is 879. The van der Waals surface area contributed by atoms with E-state index < -0.39 is 0 Å². The molecule has 1 N–H and O–H groups in total. The van der Waals surface area contributed by atoms with E-state index in [1.54, 1.807) is 21.3 Å². The molecule has 1 atom stereocenters. The molecule has 0 amide bonds. The fourth-order valence-corrected chi connectivity index (χ4v) is 4.08. The standard InChI is InChI=1S/C25H35N3O4.HI/c1-26-25(27-14-12-21-10-11-22(29-2)24(31-4)23(21)30-3)28-15-13-20(16-28)18-32-17-19-8-6-5-7-9-19;/h5-11,20H,12-18H2,1-4H3,(H,26,27);1H. The van der Waals surface area contributed by atoms with Crippen molar-refractivity contribution in [3.8, 4) is 17.2 Å². The zero-order valence-electron chi connectivity index (χ0n) is 20.0. The zero-order chi connectivity index (χ0) is 22.8. The van der Waals surface area contributed by atoms with Gasteiger partial charge in [0.05, 0.1) is 34.5 Å². The van der Waals surface area contributed by atoms with Gasteiger partial charge >= 0.3 is 0 Å². The highest BCUT2D eigenvalue weighted by atomic mass is 127. The van der Waals surface area contributed by atoms with Gasteiger partial charge in [-0.15, -0.1) is 24.0 Å². The molecule has 2 aromatic carbocycles. The summed E-state index contributed by atoms with van der Waals surface area (Å²) in [5.41, 5.74) is 2.27. The van der Waals surface area contributed by atoms with E-state index in [1.165, 1.54) is 5.56 Å². The first kappa shape index (κ1) is 27.0. The summed E-state index contributed by atoms with van der Waals surface area (Å²) in [5, 5.41) is 3.49. The number of hydrogen-bond donors (Lipinski definition) is 1. The lowest BCUT2D eigenvalue weighted by molar-refractivity contribution is 0.0907. The van der Waals surface area contributed by atoms with Gasteiger partial charge in [-0.1, -0.05) is 36.4 Å². The van der Waals surface area contributed by atoms with E-state index in [-0.39, 0.29) is 24.0 Å². The van der Waals surface area contributed by atoms with E-state index in [0.29, 0.717) is 29.8 Å². The molecule has 1 aliphatic rings. The summed E-state index contributed by atoms with van der Waals surface area (Å²) in [5.74, 6) is 3.43. The fourth-order valence-electron chi connectivity index (χ4n) is 4.08. The van der Waals surface area contributed by atoms with Gasteiger partial charge in [0.15, 0.2) is 17.5 Å². The van der Waals surface area contributed by atoms with Crippen molar-refractivity contribution in [1.82, 2.24) is 10.2 Å². The first-order valence-corrected chi connectivity index (χ1v) is 11.0. The van der Waals surface area contributed by atoms with Gasteiger partial charge < -0.3 is 29.2 Å². The van der Waals surface area contributed by atoms with E-state index in [4.69, 9.17) is 18.9 Å². The van der Waals surface area contributed by atoms with Gasteiger partial charge in [0.25, 0.3) is 0 Å². The molecule has 1 saturated heterocycles. The molecule has 2 aromatic rings. The third kappa shape index (κ3) is 7.40. The number of ether oxygens (including phenoxy) is 4. The summed E-state index contributed by atoms with van der Waals surface area (Å²) in [6.07, 6.45) is 1.89. The van der Waals surface area contributed by atoms with E-state index in [0.717, 1.165) is 50.6 Å². The van der Waals surface area contributed by atoms with Gasteiger partial charge in [-0.3, -0.25) is 4.99 Å². The highest BCUT2D eigenvalue weighted by Crippen LogP contribution is 2.39. The lowest BCUT2D eigenvalue weighted by Crippen LogP contribution is -2.41. The number of hydrogen-bond acceptors (Lipinski definition) is 5. The van der Waals surface area contributed by atoms with Crippen LogP contribution in [0.5, 0.6) is 17.2 Å². The van der Waals surface area contributed by atoms with Crippen LogP contribution in [0.2, 0.25) is 0 Å². The van der Waals surface area contributed by atoms with Crippen LogP contribution in [0.4, 0.5) is 0 Å². The molecule has 1 fully saturated rings. The number of nitrogens with zero attached hydrogens (tertiary/aromatic N) is 2. The number of halogens is 1. The molecule has 33 heavy (non-hydrogen) atoms. The molecule has 0 bridgehead atoms. The van der Waals surface area contributed by atoms with Crippen molar-refractivity contribution in [2.24, 2.45) is 10.9 Å². The maximum absolute atomic E-state index is 5.95. The summed E-state index contributed by atoms with van der Waals surface area (Å²) >= 11 is 0. The highest BCUT2D eigenvalue weighted by molar-refractivity contribution is 14.0. The number of nitrogens with one attached hydrogen (secondary N) is 1. The van der Waals surface area contributed by atoms with E-state index in [9.17, 15) is 0 Å². The number of likely N-dealkylation sites (tertiary alicyclic amines) is 1. The molecule has 0 spiro atoms. The predicted octanol–water partition coefficient (Wildman–Crippen LogP) is 3.99. The van der Waals surface area contributed by atoms with Crippen molar-refractivity contribution < 1.29 is 18.9 Å². The molecular weight excluding hydrogens is 533 g/mol. The molecule has 182 valence electrons. The van der Waals surface area contributed by atoms with Gasteiger partial charge in [0, 0.05) is 38.2 Å². The van der Waals surface area contributed by atoms with Crippen LogP contribution in [0, 0.1) is 5.92 Å². The van der Waals surface area contributed by atoms with Crippen molar-refractivity contribution in [1.29, 1.82) is 0 Å². The third-order valence-electron chi connectivity index (χ3n) is 5.73. The van der Waals surface area contributed by atoms with Gasteiger partial charge in [0.1, 0.15) is 0 Å². The summed E-state index contributed by atoms with van der Waals surface area (Å²) in [4.78, 5) is 6.79. The quantitative estimate of drug-likeness (QED) is 0.265. The molecule has 1 heterocycles. The Morgan fingerprint density at radius 3 is 2.45 bits per heavy atom. The lowest BCUT2D eigenvalue weighted by atomic mass is 10.1. The van der Waals surface area contributed by atoms with E-state index in [1.807, 2.05) is 37.4 Å². The van der Waals surface area contributed by atoms with Gasteiger partial charge in [-0.25, -0.2) is 0 Å². The van der Waals surface area contributed by atoms with Crippen molar-refractivity contribution in [2.75, 3.05) is 54.6 Å². The van der Waals surface area contributed by atoms with Crippen LogP contribution in [-0.2, 0) is 17.8 Å². The molecule has 0 aliphatic carbocycles. The van der Waals surface area contributed by atoms with Crippen molar-refractivity contribution in [3.05, 3.63) is 53.6 Å². The molecule has 1 aliphatic heterocycles. The number of aliphatic imine (C=N–C) groups is 1. The summed E-state index contributed by atoms with van der Waals surface area (Å²) in [6.45, 7) is 4.11. The highest BCUT2D eigenvalue weighted by Gasteiger charge is 2.25. The number of guanidine groups is 1. The molecule has 8 heteroatoms. The Hall–Kier alpha value is -2.20. The SMILES string of the molecule is CN=C(NCCc1ccc(OC)c(OC)c1OC)N1CCC(COCc2ccccc2)C1.I. The Morgan fingerprint density at radius 1 is 1.03 bits per heavy atom. The zero-order valence-corrected chi connectivity index (χ0v) is 22.3. The van der Waals surface area contributed by atoms with Crippen LogP contribution < -0.4 is 19.5 Å². The number of rotatable bonds is 10. The summed E-state index contributed by atoms with van der Waals surface area (Å²) in [6, 6.07) is 14.2. The predicted molar refractivity (Wildman–Crippen MR) is 142 cm³/mol. The van der Waals surface area contributed by atoms with Gasteiger partial charge in [-0.2, -0.15) is 0 Å². The molecule has 0 radical (unpaired) electrons. The first-order valence-electron chi connectivity index (χ1n) is 11.0. The van der Waals surface area contributed by atoms with Crippen LogP contribution in [0.1, 0.15) is 17.5 Å². The largest absolute Gasteiger partial charge is 0.493 e. The minimum Gasteiger partial charge on any atom is -0.493 e. The Labute approximate surface area is 214 Å². The molecular formula is C25H36IN3O4. The fraction of sp³-hybridized carbons (Fsp3) is 0.480. The second-order valence-corrected chi connectivity index (χ2v) is 7.82. The van der Waals surface area contributed by atoms with Crippen LogP contribution in [0.3, 0.4) is 0 Å². The monoisotopic (exact) mass is 569 g/mol. The number of methoxy groups -OCH3 is 3. The van der Waals surface area contributed by atoms with Crippen molar-refractivity contribution >= 4 is 29.9 Å². The maximum Gasteiger partial charge on any atom is 0.203 e. The minimum absolute atomic E-state index is 0. The Kier molecular flexibility index (Phi) is 11.6. The second-order valence-electron chi connectivity index (χ2n) is 7.82. The average molecular weight is 569 g/mol. The molecule has 3 rings (SSSR count). The van der Waals surface area contributed by atoms with E-state index in [2.05, 4.69) is 27.3 Å². The van der Waals surface area contributed by atoms with Crippen LogP contribution in [-0.4, -0.2) is 65.5 Å². The summed E-state index contributed by atoms with van der Waals surface area (Å²) < 4.78 is 22.4. The molecule has 7 nitrogen and oxygen atoms in total. The lowest BCUT2D eigenvalue weighted by Gasteiger charge is -2.22. The van der Waals surface area contributed by atoms with Gasteiger partial charge in [-0.05, 0) is 24.5 Å². The average Bonchev–Trinajstić information content (AvgIpc) is 3.30. The van der Waals surface area contributed by atoms with Crippen molar-refractivity contribution in [2.45, 2.75) is 19.4 Å². The number of benzene rings is 2. The normalized spacial score (nSPS) is 15.7. The Balaban J connectivity index is 0.00000385. The Morgan fingerprint density at radius 2 is 1.79 bits per heavy atom. The maximum atomic E-state index is 5.95. The second kappa shape index (κ2) is 14.1. The van der Waals surface area contributed by atoms with E-state index >= 15 is 0 Å².